The van der Waals surface area contributed by atoms with Gasteiger partial charge >= 0.3 is 0 Å². The van der Waals surface area contributed by atoms with E-state index in [1.54, 1.807) is 0 Å². The van der Waals surface area contributed by atoms with Crippen molar-refractivity contribution in [3.8, 4) is 0 Å². The van der Waals surface area contributed by atoms with E-state index in [4.69, 9.17) is 5.11 Å². The summed E-state index contributed by atoms with van der Waals surface area (Å²) in [5.41, 5.74) is 2.11. The summed E-state index contributed by atoms with van der Waals surface area (Å²) in [5, 5.41) is 9.04. The molecule has 1 fully saturated rings. The van der Waals surface area contributed by atoms with Crippen molar-refractivity contribution in [1.29, 1.82) is 0 Å². The number of nitrogens with one attached hydrogen (secondary N) is 1. The lowest BCUT2D eigenvalue weighted by molar-refractivity contribution is -0.130. The van der Waals surface area contributed by atoms with Crippen LogP contribution in [0.3, 0.4) is 0 Å². The zero-order valence-electron chi connectivity index (χ0n) is 13.4. The van der Waals surface area contributed by atoms with Gasteiger partial charge < -0.3 is 10.0 Å². The fourth-order valence-corrected chi connectivity index (χ4v) is 3.31. The van der Waals surface area contributed by atoms with Gasteiger partial charge in [-0.25, -0.2) is 13.1 Å². The van der Waals surface area contributed by atoms with Crippen LogP contribution in [0.1, 0.15) is 24.0 Å². The molecule has 1 aliphatic rings. The molecule has 1 aromatic rings. The summed E-state index contributed by atoms with van der Waals surface area (Å²) in [4.78, 5) is 13.9. The van der Waals surface area contributed by atoms with Crippen molar-refractivity contribution in [2.45, 2.75) is 25.9 Å². The van der Waals surface area contributed by atoms with E-state index in [1.165, 1.54) is 5.56 Å². The smallest absolute Gasteiger partial charge is 0.223 e. The third kappa shape index (κ3) is 5.93. The Morgan fingerprint density at radius 2 is 1.96 bits per heavy atom. The van der Waals surface area contributed by atoms with Gasteiger partial charge in [-0.3, -0.25) is 4.79 Å². The van der Waals surface area contributed by atoms with E-state index >= 15 is 0 Å². The number of likely N-dealkylation sites (tertiary alicyclic amines) is 1. The number of amides is 1. The Kier molecular flexibility index (Phi) is 6.15. The van der Waals surface area contributed by atoms with Crippen LogP contribution in [-0.2, 0) is 27.8 Å². The number of hydrogen-bond donors (Lipinski definition) is 2. The van der Waals surface area contributed by atoms with Gasteiger partial charge in [-0.05, 0) is 29.9 Å². The first-order valence-corrected chi connectivity index (χ1v) is 9.67. The molecule has 1 atom stereocenters. The molecule has 7 heteroatoms. The van der Waals surface area contributed by atoms with Crippen LogP contribution in [0.15, 0.2) is 24.3 Å². The van der Waals surface area contributed by atoms with Gasteiger partial charge in [-0.2, -0.15) is 0 Å². The number of hydrogen-bond acceptors (Lipinski definition) is 4. The molecule has 2 rings (SSSR count). The van der Waals surface area contributed by atoms with E-state index in [0.29, 0.717) is 5.92 Å². The van der Waals surface area contributed by atoms with E-state index in [9.17, 15) is 13.2 Å². The summed E-state index contributed by atoms with van der Waals surface area (Å²) in [6.45, 7) is 1.66. The topological polar surface area (TPSA) is 86.7 Å². The molecule has 0 bridgehead atoms. The maximum absolute atomic E-state index is 12.1. The number of aliphatic hydroxyl groups excluding tert-OH is 1. The molecular formula is C16H24N2O4S. The second-order valence-corrected chi connectivity index (χ2v) is 7.92. The van der Waals surface area contributed by atoms with Gasteiger partial charge in [-0.1, -0.05) is 24.3 Å². The van der Waals surface area contributed by atoms with Crippen molar-refractivity contribution in [2.75, 3.05) is 25.9 Å². The predicted octanol–water partition coefficient (Wildman–Crippen LogP) is 0.509. The van der Waals surface area contributed by atoms with E-state index in [-0.39, 0.29) is 25.5 Å². The van der Waals surface area contributed by atoms with E-state index < -0.39 is 10.0 Å². The van der Waals surface area contributed by atoms with Crippen molar-refractivity contribution >= 4 is 15.9 Å². The molecule has 0 aliphatic carbocycles. The van der Waals surface area contributed by atoms with Crippen LogP contribution in [0.2, 0.25) is 0 Å². The molecule has 1 aliphatic heterocycles. The quantitative estimate of drug-likeness (QED) is 0.757. The minimum Gasteiger partial charge on any atom is -0.392 e. The molecule has 1 saturated heterocycles. The van der Waals surface area contributed by atoms with Gasteiger partial charge in [0.05, 0.1) is 12.9 Å². The van der Waals surface area contributed by atoms with Crippen molar-refractivity contribution in [3.63, 3.8) is 0 Å². The second-order valence-electron chi connectivity index (χ2n) is 6.09. The first-order valence-electron chi connectivity index (χ1n) is 7.78. The third-order valence-electron chi connectivity index (χ3n) is 4.07. The van der Waals surface area contributed by atoms with Gasteiger partial charge in [0.1, 0.15) is 0 Å². The van der Waals surface area contributed by atoms with Crippen LogP contribution >= 0.6 is 0 Å². The molecule has 1 unspecified atom stereocenters. The van der Waals surface area contributed by atoms with E-state index in [0.717, 1.165) is 37.8 Å². The molecule has 23 heavy (non-hydrogen) atoms. The fraction of sp³-hybridized carbons (Fsp3) is 0.562. The molecule has 6 nitrogen and oxygen atoms in total. The van der Waals surface area contributed by atoms with Crippen LogP contribution < -0.4 is 4.72 Å². The van der Waals surface area contributed by atoms with Crippen LogP contribution in [0.4, 0.5) is 0 Å². The zero-order valence-corrected chi connectivity index (χ0v) is 14.2. The Morgan fingerprint density at radius 1 is 1.30 bits per heavy atom. The molecule has 0 aromatic heterocycles. The number of aliphatic hydroxyl groups is 1. The average molecular weight is 340 g/mol. The molecule has 0 saturated carbocycles. The number of sulfonamides is 1. The van der Waals surface area contributed by atoms with Gasteiger partial charge in [0.2, 0.25) is 15.9 Å². The first kappa shape index (κ1) is 17.9. The largest absolute Gasteiger partial charge is 0.392 e. The summed E-state index contributed by atoms with van der Waals surface area (Å²) in [7, 11) is -3.24. The van der Waals surface area contributed by atoms with Gasteiger partial charge in [0, 0.05) is 26.1 Å². The Balaban J connectivity index is 1.77. The highest BCUT2D eigenvalue weighted by molar-refractivity contribution is 7.88. The summed E-state index contributed by atoms with van der Waals surface area (Å²) >= 11 is 0. The molecule has 128 valence electrons. The number of nitrogens with zero attached hydrogens (tertiary/aromatic N) is 1. The van der Waals surface area contributed by atoms with Gasteiger partial charge in [0.25, 0.3) is 0 Å². The minimum atomic E-state index is -3.24. The highest BCUT2D eigenvalue weighted by Gasteiger charge is 2.26. The molecular weight excluding hydrogens is 316 g/mol. The normalized spacial score (nSPS) is 18.3. The predicted molar refractivity (Wildman–Crippen MR) is 88.2 cm³/mol. The van der Waals surface area contributed by atoms with Crippen molar-refractivity contribution < 1.29 is 18.3 Å². The maximum Gasteiger partial charge on any atom is 0.223 e. The summed E-state index contributed by atoms with van der Waals surface area (Å²) < 4.78 is 24.3. The maximum atomic E-state index is 12.1. The molecule has 1 amide bonds. The number of benzene rings is 1. The molecule has 1 heterocycles. The highest BCUT2D eigenvalue weighted by Crippen LogP contribution is 2.21. The summed E-state index contributed by atoms with van der Waals surface area (Å²) in [6, 6.07) is 7.88. The number of carbonyl (C=O) groups excluding carboxylic acids is 1. The Labute approximate surface area is 137 Å². The Bertz CT molecular complexity index is 628. The lowest BCUT2D eigenvalue weighted by Gasteiger charge is -2.16. The summed E-state index contributed by atoms with van der Waals surface area (Å²) in [6.07, 6.45) is 3.17. The van der Waals surface area contributed by atoms with Gasteiger partial charge in [-0.15, -0.1) is 0 Å². The second kappa shape index (κ2) is 7.90. The number of rotatable bonds is 7. The minimum absolute atomic E-state index is 0.000668. The zero-order chi connectivity index (χ0) is 16.9. The lowest BCUT2D eigenvalue weighted by Crippen LogP contribution is -2.33. The third-order valence-corrected chi connectivity index (χ3v) is 4.80. The van der Waals surface area contributed by atoms with Crippen molar-refractivity contribution in [3.05, 3.63) is 35.4 Å². The van der Waals surface area contributed by atoms with E-state index in [2.05, 4.69) is 4.72 Å². The molecule has 0 radical (unpaired) electrons. The van der Waals surface area contributed by atoms with Crippen LogP contribution in [0.25, 0.3) is 0 Å². The molecule has 2 N–H and O–H groups in total. The van der Waals surface area contributed by atoms with Crippen LogP contribution in [0, 0.1) is 5.92 Å². The van der Waals surface area contributed by atoms with Crippen molar-refractivity contribution in [2.24, 2.45) is 5.92 Å². The summed E-state index contributed by atoms with van der Waals surface area (Å²) in [5.74, 6) is 0.432. The Morgan fingerprint density at radius 3 is 2.57 bits per heavy atom. The first-order chi connectivity index (χ1) is 10.9. The highest BCUT2D eigenvalue weighted by atomic mass is 32.2. The van der Waals surface area contributed by atoms with Crippen molar-refractivity contribution in [1.82, 2.24) is 9.62 Å². The van der Waals surface area contributed by atoms with Crippen LogP contribution in [0.5, 0.6) is 0 Å². The van der Waals surface area contributed by atoms with E-state index in [1.807, 2.05) is 29.2 Å². The Hall–Kier alpha value is -1.44. The molecule has 1 aromatic carbocycles. The molecule has 0 spiro atoms. The lowest BCUT2D eigenvalue weighted by atomic mass is 9.98. The SMILES string of the molecule is CS(=O)(=O)NCCC(=O)N1CCC(Cc2ccc(CO)cc2)C1. The average Bonchev–Trinajstić information content (AvgIpc) is 2.95. The number of carbonyl (C=O) groups is 1. The fourth-order valence-electron chi connectivity index (χ4n) is 2.84. The van der Waals surface area contributed by atoms with Gasteiger partial charge in [0.15, 0.2) is 0 Å². The standard InChI is InChI=1S/C16H24N2O4S/c1-23(21,22)17-8-6-16(20)18-9-7-15(11-18)10-13-2-4-14(12-19)5-3-13/h2-5,15,17,19H,6-12H2,1H3. The van der Waals surface area contributed by atoms with Crippen LogP contribution in [-0.4, -0.2) is 50.2 Å². The monoisotopic (exact) mass is 340 g/mol.